The first kappa shape index (κ1) is 13.0. The molecular formula is C11H18N2O2S. The summed E-state index contributed by atoms with van der Waals surface area (Å²) in [5.41, 5.74) is 0.900. The van der Waals surface area contributed by atoms with E-state index in [4.69, 9.17) is 0 Å². The average molecular weight is 242 g/mol. The fraction of sp³-hybridized carbons (Fsp3) is 0.455. The molecule has 1 aromatic carbocycles. The van der Waals surface area contributed by atoms with Gasteiger partial charge in [0, 0.05) is 26.3 Å². The molecule has 0 amide bonds. The molecule has 0 aliphatic carbocycles. The second-order valence-corrected chi connectivity index (χ2v) is 5.65. The van der Waals surface area contributed by atoms with Gasteiger partial charge >= 0.3 is 0 Å². The molecule has 0 aromatic heterocycles. The highest BCUT2D eigenvalue weighted by Crippen LogP contribution is 2.17. The van der Waals surface area contributed by atoms with E-state index in [0.29, 0.717) is 11.4 Å². The van der Waals surface area contributed by atoms with E-state index in [9.17, 15) is 8.42 Å². The summed E-state index contributed by atoms with van der Waals surface area (Å²) in [7, 11) is 0.0798. The topological polar surface area (TPSA) is 49.4 Å². The average Bonchev–Trinajstić information content (AvgIpc) is 2.29. The summed E-state index contributed by atoms with van der Waals surface area (Å²) in [6.45, 7) is 2.49. The van der Waals surface area contributed by atoms with E-state index in [1.807, 2.05) is 6.92 Å². The lowest BCUT2D eigenvalue weighted by molar-refractivity contribution is 0.468. The van der Waals surface area contributed by atoms with E-state index in [-0.39, 0.29) is 0 Å². The molecule has 0 atom stereocenters. The summed E-state index contributed by atoms with van der Waals surface area (Å²) in [6, 6.07) is 6.75. The Morgan fingerprint density at radius 3 is 2.25 bits per heavy atom. The number of anilines is 1. The second kappa shape index (κ2) is 5.32. The zero-order valence-electron chi connectivity index (χ0n) is 9.90. The first-order chi connectivity index (χ1) is 7.52. The lowest BCUT2D eigenvalue weighted by atomic mass is 10.3. The molecule has 0 radical (unpaired) electrons. The fourth-order valence-corrected chi connectivity index (χ4v) is 2.67. The van der Waals surface area contributed by atoms with Crippen molar-refractivity contribution in [1.82, 2.24) is 4.31 Å². The van der Waals surface area contributed by atoms with Gasteiger partial charge in [-0.15, -0.1) is 0 Å². The molecule has 1 N–H and O–H groups in total. The Hall–Kier alpha value is -1.07. The molecular weight excluding hydrogens is 224 g/mol. The molecule has 0 bridgehead atoms. The van der Waals surface area contributed by atoms with Crippen LogP contribution in [0, 0.1) is 0 Å². The summed E-state index contributed by atoms with van der Waals surface area (Å²) in [5, 5.41) is 2.95. The van der Waals surface area contributed by atoms with Crippen LogP contribution in [-0.2, 0) is 10.0 Å². The van der Waals surface area contributed by atoms with Gasteiger partial charge in [0.25, 0.3) is 0 Å². The number of hydrogen-bond acceptors (Lipinski definition) is 3. The molecule has 0 fully saturated rings. The van der Waals surface area contributed by atoms with Crippen LogP contribution in [0.5, 0.6) is 0 Å². The van der Waals surface area contributed by atoms with Crippen molar-refractivity contribution >= 4 is 15.7 Å². The number of benzene rings is 1. The van der Waals surface area contributed by atoms with E-state index in [2.05, 4.69) is 5.32 Å². The first-order valence-corrected chi connectivity index (χ1v) is 6.70. The molecule has 0 aliphatic heterocycles. The van der Waals surface area contributed by atoms with Gasteiger partial charge in [0.15, 0.2) is 0 Å². The predicted molar refractivity (Wildman–Crippen MR) is 66.1 cm³/mol. The molecule has 0 aliphatic rings. The van der Waals surface area contributed by atoms with Crippen molar-refractivity contribution in [3.05, 3.63) is 24.3 Å². The number of hydrogen-bond donors (Lipinski definition) is 1. The third-order valence-corrected chi connectivity index (χ3v) is 4.26. The molecule has 0 saturated heterocycles. The normalized spacial score (nSPS) is 11.8. The third-order valence-electron chi connectivity index (χ3n) is 2.39. The van der Waals surface area contributed by atoms with Gasteiger partial charge in [0.2, 0.25) is 10.0 Å². The van der Waals surface area contributed by atoms with Crippen molar-refractivity contribution in [2.75, 3.05) is 26.0 Å². The van der Waals surface area contributed by atoms with Gasteiger partial charge in [-0.3, -0.25) is 0 Å². The molecule has 16 heavy (non-hydrogen) atoms. The van der Waals surface area contributed by atoms with Gasteiger partial charge < -0.3 is 5.32 Å². The van der Waals surface area contributed by atoms with E-state index in [0.717, 1.165) is 12.1 Å². The van der Waals surface area contributed by atoms with Gasteiger partial charge in [-0.05, 0) is 30.7 Å². The lowest BCUT2D eigenvalue weighted by Crippen LogP contribution is -2.27. The van der Waals surface area contributed by atoms with Crippen LogP contribution in [0.2, 0.25) is 0 Å². The van der Waals surface area contributed by atoms with Crippen LogP contribution in [0.4, 0.5) is 5.69 Å². The molecule has 0 unspecified atom stereocenters. The standard InChI is InChI=1S/C11H18N2O2S/c1-4-9-13(3)16(14,15)11-7-5-10(12-2)6-8-11/h5-8,12H,4,9H2,1-3H3. The highest BCUT2D eigenvalue weighted by molar-refractivity contribution is 7.89. The van der Waals surface area contributed by atoms with Crippen molar-refractivity contribution in [1.29, 1.82) is 0 Å². The first-order valence-electron chi connectivity index (χ1n) is 5.26. The van der Waals surface area contributed by atoms with Crippen LogP contribution in [0.1, 0.15) is 13.3 Å². The minimum atomic E-state index is -3.32. The Labute approximate surface area is 97.3 Å². The summed E-state index contributed by atoms with van der Waals surface area (Å²) >= 11 is 0. The minimum absolute atomic E-state index is 0.336. The Kier molecular flexibility index (Phi) is 4.32. The number of rotatable bonds is 5. The monoisotopic (exact) mass is 242 g/mol. The van der Waals surface area contributed by atoms with Crippen LogP contribution in [-0.4, -0.2) is 33.4 Å². The van der Waals surface area contributed by atoms with Crippen LogP contribution >= 0.6 is 0 Å². The maximum atomic E-state index is 12.0. The van der Waals surface area contributed by atoms with Crippen LogP contribution in [0.15, 0.2) is 29.2 Å². The largest absolute Gasteiger partial charge is 0.388 e. The molecule has 0 heterocycles. The SMILES string of the molecule is CCCN(C)S(=O)(=O)c1ccc(NC)cc1. The maximum absolute atomic E-state index is 12.0. The van der Waals surface area contributed by atoms with Crippen LogP contribution in [0.25, 0.3) is 0 Å². The smallest absolute Gasteiger partial charge is 0.242 e. The van der Waals surface area contributed by atoms with Crippen LogP contribution < -0.4 is 5.32 Å². The van der Waals surface area contributed by atoms with Crippen molar-refractivity contribution in [3.8, 4) is 0 Å². The Balaban J connectivity index is 2.98. The molecule has 1 aromatic rings. The number of nitrogens with zero attached hydrogens (tertiary/aromatic N) is 1. The van der Waals surface area contributed by atoms with Crippen molar-refractivity contribution in [2.24, 2.45) is 0 Å². The zero-order chi connectivity index (χ0) is 12.2. The van der Waals surface area contributed by atoms with Gasteiger partial charge in [0.05, 0.1) is 4.90 Å². The number of sulfonamides is 1. The third kappa shape index (κ3) is 2.74. The van der Waals surface area contributed by atoms with Crippen molar-refractivity contribution in [2.45, 2.75) is 18.2 Å². The van der Waals surface area contributed by atoms with E-state index in [1.54, 1.807) is 38.4 Å². The predicted octanol–water partition coefficient (Wildman–Crippen LogP) is 1.76. The summed E-state index contributed by atoms with van der Waals surface area (Å²) in [5.74, 6) is 0. The van der Waals surface area contributed by atoms with E-state index in [1.165, 1.54) is 4.31 Å². The van der Waals surface area contributed by atoms with Crippen molar-refractivity contribution in [3.63, 3.8) is 0 Å². The highest BCUT2D eigenvalue weighted by Gasteiger charge is 2.19. The molecule has 0 saturated carbocycles. The van der Waals surface area contributed by atoms with E-state index >= 15 is 0 Å². The zero-order valence-corrected chi connectivity index (χ0v) is 10.7. The Morgan fingerprint density at radius 1 is 1.25 bits per heavy atom. The van der Waals surface area contributed by atoms with Gasteiger partial charge in [-0.25, -0.2) is 12.7 Å². The highest BCUT2D eigenvalue weighted by atomic mass is 32.2. The molecule has 5 heteroatoms. The quantitative estimate of drug-likeness (QED) is 0.856. The molecule has 1 rings (SSSR count). The van der Waals surface area contributed by atoms with Gasteiger partial charge in [-0.1, -0.05) is 6.92 Å². The molecule has 90 valence electrons. The molecule has 4 nitrogen and oxygen atoms in total. The van der Waals surface area contributed by atoms with Crippen molar-refractivity contribution < 1.29 is 8.42 Å². The minimum Gasteiger partial charge on any atom is -0.388 e. The summed E-state index contributed by atoms with van der Waals surface area (Å²) in [4.78, 5) is 0.336. The second-order valence-electron chi connectivity index (χ2n) is 3.60. The number of nitrogens with one attached hydrogen (secondary N) is 1. The maximum Gasteiger partial charge on any atom is 0.242 e. The van der Waals surface area contributed by atoms with Crippen LogP contribution in [0.3, 0.4) is 0 Å². The molecule has 0 spiro atoms. The lowest BCUT2D eigenvalue weighted by Gasteiger charge is -2.16. The van der Waals surface area contributed by atoms with E-state index < -0.39 is 10.0 Å². The summed E-state index contributed by atoms with van der Waals surface area (Å²) in [6.07, 6.45) is 0.810. The Bertz CT molecular complexity index is 426. The Morgan fingerprint density at radius 2 is 1.81 bits per heavy atom. The van der Waals surface area contributed by atoms with Gasteiger partial charge in [-0.2, -0.15) is 0 Å². The summed E-state index contributed by atoms with van der Waals surface area (Å²) < 4.78 is 25.4. The fourth-order valence-electron chi connectivity index (χ4n) is 1.41. The van der Waals surface area contributed by atoms with Gasteiger partial charge in [0.1, 0.15) is 0 Å².